The Morgan fingerprint density at radius 1 is 1.12 bits per heavy atom. The van der Waals surface area contributed by atoms with Crippen LogP contribution < -0.4 is 0 Å². The van der Waals surface area contributed by atoms with Gasteiger partial charge in [-0.3, -0.25) is 0 Å². The third-order valence-electron chi connectivity index (χ3n) is 5.48. The van der Waals surface area contributed by atoms with Gasteiger partial charge in [-0.05, 0) is 36.6 Å². The van der Waals surface area contributed by atoms with E-state index >= 15 is 0 Å². The normalized spacial score (nSPS) is 15.8. The lowest BCUT2D eigenvalue weighted by Gasteiger charge is -2.41. The van der Waals surface area contributed by atoms with Gasteiger partial charge >= 0.3 is 5.97 Å². The van der Waals surface area contributed by atoms with E-state index in [4.69, 9.17) is 0 Å². The van der Waals surface area contributed by atoms with Crippen LogP contribution in [0.2, 0.25) is 0 Å². The first-order valence-electron chi connectivity index (χ1n) is 8.40. The fourth-order valence-corrected chi connectivity index (χ4v) is 3.73. The average Bonchev–Trinajstić information content (AvgIpc) is 2.97. The van der Waals surface area contributed by atoms with Crippen LogP contribution in [0, 0.1) is 11.6 Å². The number of nitrogens with one attached hydrogen (secondary N) is 1. The summed E-state index contributed by atoms with van der Waals surface area (Å²) in [6.07, 6.45) is 3.87. The third-order valence-corrected chi connectivity index (χ3v) is 5.48. The standard InChI is InChI=1S/C20H17F2NO3/c21-16-6-11(20(10-24)4-1-5-20)2-3-12(16)13-7-14-15(19(25)26)9-23-18(14)8-17(13)22/h2-3,6-9,23-24H,1,4-5,10H2,(H,25,26). The number of hydrogen-bond acceptors (Lipinski definition) is 2. The molecule has 1 fully saturated rings. The molecule has 0 atom stereocenters. The van der Waals surface area contributed by atoms with Gasteiger partial charge in [-0.25, -0.2) is 13.6 Å². The molecule has 0 radical (unpaired) electrons. The van der Waals surface area contributed by atoms with E-state index in [0.717, 1.165) is 19.3 Å². The molecule has 0 amide bonds. The number of carboxylic acids is 1. The van der Waals surface area contributed by atoms with E-state index in [1.165, 1.54) is 30.5 Å². The molecule has 1 aliphatic carbocycles. The van der Waals surface area contributed by atoms with Gasteiger partial charge in [0.15, 0.2) is 0 Å². The summed E-state index contributed by atoms with van der Waals surface area (Å²) >= 11 is 0. The minimum Gasteiger partial charge on any atom is -0.478 e. The van der Waals surface area contributed by atoms with E-state index in [0.29, 0.717) is 16.5 Å². The fraction of sp³-hybridized carbons (Fsp3) is 0.250. The summed E-state index contributed by atoms with van der Waals surface area (Å²) in [4.78, 5) is 14.0. The quantitative estimate of drug-likeness (QED) is 0.654. The number of carboxylic acid groups (broad SMARTS) is 1. The van der Waals surface area contributed by atoms with Gasteiger partial charge < -0.3 is 15.2 Å². The van der Waals surface area contributed by atoms with Crippen molar-refractivity contribution in [1.29, 1.82) is 0 Å². The van der Waals surface area contributed by atoms with Crippen molar-refractivity contribution < 1.29 is 23.8 Å². The van der Waals surface area contributed by atoms with Crippen LogP contribution in [0.15, 0.2) is 36.5 Å². The van der Waals surface area contributed by atoms with Crippen molar-refractivity contribution in [3.05, 3.63) is 59.3 Å². The van der Waals surface area contributed by atoms with Gasteiger partial charge in [-0.2, -0.15) is 0 Å². The molecule has 0 unspecified atom stereocenters. The Labute approximate surface area is 148 Å². The first kappa shape index (κ1) is 16.7. The molecule has 2 aromatic carbocycles. The Bertz CT molecular complexity index is 1020. The highest BCUT2D eigenvalue weighted by atomic mass is 19.1. The molecule has 6 heteroatoms. The van der Waals surface area contributed by atoms with Gasteiger partial charge in [0.2, 0.25) is 0 Å². The van der Waals surface area contributed by atoms with Gasteiger partial charge in [-0.1, -0.05) is 18.6 Å². The van der Waals surface area contributed by atoms with Crippen molar-refractivity contribution in [2.45, 2.75) is 24.7 Å². The highest BCUT2D eigenvalue weighted by Crippen LogP contribution is 2.44. The van der Waals surface area contributed by atoms with Crippen molar-refractivity contribution in [2.75, 3.05) is 6.61 Å². The Kier molecular flexibility index (Phi) is 3.80. The number of aromatic nitrogens is 1. The number of H-pyrrole nitrogens is 1. The third kappa shape index (κ3) is 2.41. The van der Waals surface area contributed by atoms with Crippen LogP contribution in [0.5, 0.6) is 0 Å². The van der Waals surface area contributed by atoms with Crippen molar-refractivity contribution >= 4 is 16.9 Å². The minimum atomic E-state index is -1.14. The van der Waals surface area contributed by atoms with Gasteiger partial charge in [-0.15, -0.1) is 0 Å². The second-order valence-corrected chi connectivity index (χ2v) is 6.87. The molecule has 0 saturated heterocycles. The monoisotopic (exact) mass is 357 g/mol. The zero-order valence-electron chi connectivity index (χ0n) is 13.9. The van der Waals surface area contributed by atoms with E-state index in [1.54, 1.807) is 6.07 Å². The predicted octanol–water partition coefficient (Wildman–Crippen LogP) is 4.23. The zero-order chi connectivity index (χ0) is 18.5. The summed E-state index contributed by atoms with van der Waals surface area (Å²) in [7, 11) is 0. The molecule has 26 heavy (non-hydrogen) atoms. The maximum Gasteiger partial charge on any atom is 0.337 e. The SMILES string of the molecule is O=C(O)c1c[nH]c2cc(F)c(-c3ccc(C4(CO)CCC4)cc3F)cc12. The lowest BCUT2D eigenvalue weighted by atomic mass is 9.65. The highest BCUT2D eigenvalue weighted by Gasteiger charge is 2.38. The molecule has 3 N–H and O–H groups in total. The first-order valence-corrected chi connectivity index (χ1v) is 8.40. The van der Waals surface area contributed by atoms with Gasteiger partial charge in [0.1, 0.15) is 11.6 Å². The number of rotatable bonds is 4. The van der Waals surface area contributed by atoms with Crippen molar-refractivity contribution in [3.8, 4) is 11.1 Å². The van der Waals surface area contributed by atoms with Crippen LogP contribution >= 0.6 is 0 Å². The minimum absolute atomic E-state index is 0.00646. The molecule has 4 nitrogen and oxygen atoms in total. The molecule has 134 valence electrons. The number of aliphatic hydroxyl groups is 1. The summed E-state index contributed by atoms with van der Waals surface area (Å²) in [6, 6.07) is 7.09. The summed E-state index contributed by atoms with van der Waals surface area (Å²) in [5.74, 6) is -2.36. The van der Waals surface area contributed by atoms with Crippen molar-refractivity contribution in [3.63, 3.8) is 0 Å². The molecule has 0 aliphatic heterocycles. The van der Waals surface area contributed by atoms with E-state index in [1.807, 2.05) is 0 Å². The smallest absolute Gasteiger partial charge is 0.337 e. The number of halogens is 2. The lowest BCUT2D eigenvalue weighted by Crippen LogP contribution is -2.37. The second-order valence-electron chi connectivity index (χ2n) is 6.87. The number of carbonyl (C=O) groups is 1. The summed E-state index contributed by atoms with van der Waals surface area (Å²) in [5, 5.41) is 19.2. The molecule has 0 spiro atoms. The van der Waals surface area contributed by atoms with E-state index in [2.05, 4.69) is 4.98 Å². The van der Waals surface area contributed by atoms with Crippen LogP contribution in [0.3, 0.4) is 0 Å². The van der Waals surface area contributed by atoms with Gasteiger partial charge in [0, 0.05) is 33.6 Å². The second kappa shape index (κ2) is 5.92. The lowest BCUT2D eigenvalue weighted by molar-refractivity contribution is 0.0699. The average molecular weight is 357 g/mol. The number of benzene rings is 2. The maximum atomic E-state index is 14.8. The molecular weight excluding hydrogens is 340 g/mol. The van der Waals surface area contributed by atoms with Crippen molar-refractivity contribution in [2.24, 2.45) is 0 Å². The molecule has 1 saturated carbocycles. The first-order chi connectivity index (χ1) is 12.4. The van der Waals surface area contributed by atoms with Crippen LogP contribution in [-0.4, -0.2) is 27.8 Å². The number of fused-ring (bicyclic) bond motifs is 1. The molecule has 3 aromatic rings. The maximum absolute atomic E-state index is 14.8. The van der Waals surface area contributed by atoms with Crippen LogP contribution in [0.4, 0.5) is 8.78 Å². The number of aromatic amines is 1. The van der Waals surface area contributed by atoms with Crippen LogP contribution in [-0.2, 0) is 5.41 Å². The summed E-state index contributed by atoms with van der Waals surface area (Å²) in [6.45, 7) is -0.0442. The van der Waals surface area contributed by atoms with E-state index in [9.17, 15) is 23.8 Å². The largest absolute Gasteiger partial charge is 0.478 e. The van der Waals surface area contributed by atoms with E-state index < -0.39 is 23.0 Å². The molecule has 4 rings (SSSR count). The highest BCUT2D eigenvalue weighted by molar-refractivity contribution is 6.04. The number of aromatic carboxylic acids is 1. The summed E-state index contributed by atoms with van der Waals surface area (Å²) < 4.78 is 29.3. The van der Waals surface area contributed by atoms with Crippen molar-refractivity contribution in [1.82, 2.24) is 4.98 Å². The Hall–Kier alpha value is -2.73. The van der Waals surface area contributed by atoms with E-state index in [-0.39, 0.29) is 23.3 Å². The molecule has 1 aliphatic rings. The molecule has 0 bridgehead atoms. The van der Waals surface area contributed by atoms with Gasteiger partial charge in [0.25, 0.3) is 0 Å². The Balaban J connectivity index is 1.83. The molecular formula is C20H17F2NO3. The Morgan fingerprint density at radius 3 is 2.42 bits per heavy atom. The fourth-order valence-electron chi connectivity index (χ4n) is 3.73. The molecule has 1 aromatic heterocycles. The van der Waals surface area contributed by atoms with Gasteiger partial charge in [0.05, 0.1) is 12.2 Å². The predicted molar refractivity (Wildman–Crippen MR) is 93.2 cm³/mol. The number of aliphatic hydroxyl groups excluding tert-OH is 1. The Morgan fingerprint density at radius 2 is 1.85 bits per heavy atom. The van der Waals surface area contributed by atoms with Crippen LogP contribution in [0.1, 0.15) is 35.2 Å². The van der Waals surface area contributed by atoms with Crippen LogP contribution in [0.25, 0.3) is 22.0 Å². The topological polar surface area (TPSA) is 73.3 Å². The zero-order valence-corrected chi connectivity index (χ0v) is 13.9. The number of hydrogen-bond donors (Lipinski definition) is 3. The molecule has 1 heterocycles. The summed E-state index contributed by atoms with van der Waals surface area (Å²) in [5.41, 5.74) is 0.732.